The minimum atomic E-state index is -0.655. The van der Waals surface area contributed by atoms with Gasteiger partial charge in [0.05, 0.1) is 12.7 Å². The lowest BCUT2D eigenvalue weighted by atomic mass is 10.0. The summed E-state index contributed by atoms with van der Waals surface area (Å²) in [4.78, 5) is 0. The first-order chi connectivity index (χ1) is 7.70. The molecule has 0 bridgehead atoms. The van der Waals surface area contributed by atoms with Crippen LogP contribution in [-0.2, 0) is 4.74 Å². The molecule has 0 fully saturated rings. The zero-order valence-corrected chi connectivity index (χ0v) is 10.1. The fourth-order valence-corrected chi connectivity index (χ4v) is 1.45. The third kappa shape index (κ3) is 3.22. The first-order valence-electron chi connectivity index (χ1n) is 5.63. The second kappa shape index (κ2) is 6.51. The monoisotopic (exact) mass is 224 g/mol. The van der Waals surface area contributed by atoms with E-state index in [1.54, 1.807) is 7.11 Å². The van der Waals surface area contributed by atoms with Crippen molar-refractivity contribution < 1.29 is 14.6 Å². The normalized spacial score (nSPS) is 14.5. The number of hydrogen-bond donors (Lipinski definition) is 1. The van der Waals surface area contributed by atoms with E-state index < -0.39 is 6.10 Å². The van der Waals surface area contributed by atoms with Crippen LogP contribution in [0.15, 0.2) is 24.3 Å². The van der Waals surface area contributed by atoms with Gasteiger partial charge in [-0.05, 0) is 19.4 Å². The van der Waals surface area contributed by atoms with Crippen molar-refractivity contribution in [3.8, 4) is 5.75 Å². The molecule has 0 amide bonds. The maximum Gasteiger partial charge on any atom is 0.125 e. The Hall–Kier alpha value is -1.06. The molecule has 0 aromatic heterocycles. The molecule has 1 N–H and O–H groups in total. The molecular weight excluding hydrogens is 204 g/mol. The maximum absolute atomic E-state index is 10.1. The van der Waals surface area contributed by atoms with E-state index in [0.717, 1.165) is 17.7 Å². The zero-order chi connectivity index (χ0) is 12.0. The van der Waals surface area contributed by atoms with Gasteiger partial charge in [0.2, 0.25) is 0 Å². The molecule has 3 nitrogen and oxygen atoms in total. The van der Waals surface area contributed by atoms with E-state index in [-0.39, 0.29) is 6.10 Å². The zero-order valence-electron chi connectivity index (χ0n) is 10.1. The topological polar surface area (TPSA) is 38.7 Å². The predicted molar refractivity (Wildman–Crippen MR) is 63.7 cm³/mol. The summed E-state index contributed by atoms with van der Waals surface area (Å²) in [5, 5.41) is 10.1. The first-order valence-corrected chi connectivity index (χ1v) is 5.63. The summed E-state index contributed by atoms with van der Waals surface area (Å²) in [6.07, 6.45) is 0.0500. The van der Waals surface area contributed by atoms with Gasteiger partial charge in [0, 0.05) is 12.7 Å². The van der Waals surface area contributed by atoms with E-state index in [2.05, 4.69) is 6.92 Å². The molecule has 0 spiro atoms. The van der Waals surface area contributed by atoms with Crippen LogP contribution in [0.4, 0.5) is 0 Å². The molecule has 90 valence electrons. The van der Waals surface area contributed by atoms with Crippen molar-refractivity contribution in [1.82, 2.24) is 0 Å². The summed E-state index contributed by atoms with van der Waals surface area (Å²) in [7, 11) is 1.59. The highest BCUT2D eigenvalue weighted by atomic mass is 16.5. The van der Waals surface area contributed by atoms with E-state index in [1.165, 1.54) is 0 Å². The van der Waals surface area contributed by atoms with E-state index in [1.807, 2.05) is 31.2 Å². The average Bonchev–Trinajstić information content (AvgIpc) is 2.34. The Bertz CT molecular complexity index is 312. The summed E-state index contributed by atoms with van der Waals surface area (Å²) < 4.78 is 10.7. The van der Waals surface area contributed by atoms with Gasteiger partial charge in [0.15, 0.2) is 0 Å². The van der Waals surface area contributed by atoms with Gasteiger partial charge in [-0.3, -0.25) is 0 Å². The number of aliphatic hydroxyl groups is 1. The van der Waals surface area contributed by atoms with Gasteiger partial charge in [0.1, 0.15) is 11.9 Å². The van der Waals surface area contributed by atoms with Gasteiger partial charge >= 0.3 is 0 Å². The highest BCUT2D eigenvalue weighted by Crippen LogP contribution is 2.28. The standard InChI is InChI=1S/C13H20O3/c1-4-9-16-12-8-6-5-7-11(12)13(14)10(2)15-3/h5-8,10,13-14H,4,9H2,1-3H3. The van der Waals surface area contributed by atoms with Crippen molar-refractivity contribution in [1.29, 1.82) is 0 Å². The number of methoxy groups -OCH3 is 1. The predicted octanol–water partition coefficient (Wildman–Crippen LogP) is 2.54. The highest BCUT2D eigenvalue weighted by molar-refractivity contribution is 5.35. The second-order valence-corrected chi connectivity index (χ2v) is 3.77. The Labute approximate surface area is 97.0 Å². The summed E-state index contributed by atoms with van der Waals surface area (Å²) in [5.41, 5.74) is 0.783. The molecule has 0 aliphatic carbocycles. The molecule has 16 heavy (non-hydrogen) atoms. The summed E-state index contributed by atoms with van der Waals surface area (Å²) in [6.45, 7) is 4.54. The molecule has 0 aliphatic heterocycles. The number of rotatable bonds is 6. The van der Waals surface area contributed by atoms with Crippen molar-refractivity contribution in [3.05, 3.63) is 29.8 Å². The quantitative estimate of drug-likeness (QED) is 0.807. The van der Waals surface area contributed by atoms with E-state index >= 15 is 0 Å². The van der Waals surface area contributed by atoms with Crippen LogP contribution in [0, 0.1) is 0 Å². The highest BCUT2D eigenvalue weighted by Gasteiger charge is 2.19. The van der Waals surface area contributed by atoms with Crippen molar-refractivity contribution in [2.24, 2.45) is 0 Å². The minimum absolute atomic E-state index is 0.244. The van der Waals surface area contributed by atoms with Crippen LogP contribution < -0.4 is 4.74 Å². The van der Waals surface area contributed by atoms with Crippen molar-refractivity contribution in [2.75, 3.05) is 13.7 Å². The van der Waals surface area contributed by atoms with Gasteiger partial charge < -0.3 is 14.6 Å². The van der Waals surface area contributed by atoms with Crippen LogP contribution in [-0.4, -0.2) is 24.9 Å². The molecule has 0 aliphatic rings. The Morgan fingerprint density at radius 1 is 1.31 bits per heavy atom. The molecular formula is C13H20O3. The summed E-state index contributed by atoms with van der Waals surface area (Å²) in [6, 6.07) is 7.53. The average molecular weight is 224 g/mol. The molecule has 0 heterocycles. The fraction of sp³-hybridized carbons (Fsp3) is 0.538. The third-order valence-corrected chi connectivity index (χ3v) is 2.52. The number of ether oxygens (including phenoxy) is 2. The molecule has 1 aromatic carbocycles. The lowest BCUT2D eigenvalue weighted by Gasteiger charge is -2.20. The van der Waals surface area contributed by atoms with E-state index in [0.29, 0.717) is 6.61 Å². The number of para-hydroxylation sites is 1. The molecule has 0 saturated carbocycles. The molecule has 2 unspecified atom stereocenters. The molecule has 3 heteroatoms. The molecule has 1 rings (SSSR count). The van der Waals surface area contributed by atoms with Gasteiger partial charge in [-0.15, -0.1) is 0 Å². The number of hydrogen-bond acceptors (Lipinski definition) is 3. The van der Waals surface area contributed by atoms with Crippen molar-refractivity contribution in [2.45, 2.75) is 32.5 Å². The van der Waals surface area contributed by atoms with Gasteiger partial charge in [-0.2, -0.15) is 0 Å². The smallest absolute Gasteiger partial charge is 0.125 e. The van der Waals surface area contributed by atoms with Crippen molar-refractivity contribution >= 4 is 0 Å². The van der Waals surface area contributed by atoms with Crippen molar-refractivity contribution in [3.63, 3.8) is 0 Å². The summed E-state index contributed by atoms with van der Waals surface area (Å²) in [5.74, 6) is 0.737. The number of aliphatic hydroxyl groups excluding tert-OH is 1. The molecule has 2 atom stereocenters. The van der Waals surface area contributed by atoms with Gasteiger partial charge in [-0.25, -0.2) is 0 Å². The van der Waals surface area contributed by atoms with Crippen LogP contribution in [0.3, 0.4) is 0 Å². The van der Waals surface area contributed by atoms with E-state index in [4.69, 9.17) is 9.47 Å². The Balaban J connectivity index is 2.84. The van der Waals surface area contributed by atoms with Crippen LogP contribution in [0.25, 0.3) is 0 Å². The van der Waals surface area contributed by atoms with E-state index in [9.17, 15) is 5.11 Å². The Morgan fingerprint density at radius 3 is 2.62 bits per heavy atom. The second-order valence-electron chi connectivity index (χ2n) is 3.77. The molecule has 1 aromatic rings. The maximum atomic E-state index is 10.1. The summed E-state index contributed by atoms with van der Waals surface area (Å²) >= 11 is 0. The fourth-order valence-electron chi connectivity index (χ4n) is 1.45. The van der Waals surface area contributed by atoms with Gasteiger partial charge in [0.25, 0.3) is 0 Å². The lowest BCUT2D eigenvalue weighted by molar-refractivity contribution is -0.00275. The van der Waals surface area contributed by atoms with Crippen LogP contribution in [0.5, 0.6) is 5.75 Å². The van der Waals surface area contributed by atoms with Gasteiger partial charge in [-0.1, -0.05) is 25.1 Å². The van der Waals surface area contributed by atoms with Crippen LogP contribution in [0.2, 0.25) is 0 Å². The van der Waals surface area contributed by atoms with Crippen LogP contribution in [0.1, 0.15) is 31.9 Å². The SMILES string of the molecule is CCCOc1ccccc1C(O)C(C)OC. The van der Waals surface area contributed by atoms with Crippen LogP contribution >= 0.6 is 0 Å². The first kappa shape index (κ1) is 13.0. The Kier molecular flexibility index (Phi) is 5.29. The minimum Gasteiger partial charge on any atom is -0.493 e. The third-order valence-electron chi connectivity index (χ3n) is 2.52. The largest absolute Gasteiger partial charge is 0.493 e. The number of benzene rings is 1. The lowest BCUT2D eigenvalue weighted by Crippen LogP contribution is -2.17. The molecule has 0 saturated heterocycles. The Morgan fingerprint density at radius 2 is 2.00 bits per heavy atom. The molecule has 0 radical (unpaired) electrons.